The topological polar surface area (TPSA) is 0 Å². The second-order valence-electron chi connectivity index (χ2n) is 6.98. The first-order valence-electron chi connectivity index (χ1n) is 7.66. The Hall–Kier alpha value is -0.520. The maximum Gasteiger partial charge on any atom is -0.0210 e. The van der Waals surface area contributed by atoms with Crippen LogP contribution in [0, 0.1) is 29.1 Å². The van der Waals surface area contributed by atoms with Crippen molar-refractivity contribution in [1.29, 1.82) is 0 Å². The second kappa shape index (κ2) is 6.59. The van der Waals surface area contributed by atoms with Crippen molar-refractivity contribution in [2.24, 2.45) is 29.1 Å². The molecule has 0 spiro atoms. The van der Waals surface area contributed by atoms with E-state index in [-0.39, 0.29) is 0 Å². The summed E-state index contributed by atoms with van der Waals surface area (Å²) in [4.78, 5) is 0. The summed E-state index contributed by atoms with van der Waals surface area (Å²) in [7, 11) is 0. The highest BCUT2D eigenvalue weighted by Crippen LogP contribution is 2.47. The van der Waals surface area contributed by atoms with Crippen LogP contribution in [0.15, 0.2) is 25.3 Å². The van der Waals surface area contributed by atoms with Crippen LogP contribution in [-0.2, 0) is 0 Å². The fourth-order valence-corrected chi connectivity index (χ4v) is 3.59. The van der Waals surface area contributed by atoms with Crippen LogP contribution >= 0.6 is 0 Å². The molecule has 0 heterocycles. The fourth-order valence-electron chi connectivity index (χ4n) is 3.59. The minimum Gasteiger partial charge on any atom is -0.103 e. The van der Waals surface area contributed by atoms with Crippen LogP contribution in [0.3, 0.4) is 0 Å². The summed E-state index contributed by atoms with van der Waals surface area (Å²) in [6, 6.07) is 0. The van der Waals surface area contributed by atoms with Crippen LogP contribution in [0.5, 0.6) is 0 Å². The van der Waals surface area contributed by atoms with Gasteiger partial charge in [-0.3, -0.25) is 0 Å². The number of hydrogen-bond donors (Lipinski definition) is 0. The van der Waals surface area contributed by atoms with E-state index in [1.54, 1.807) is 0 Å². The van der Waals surface area contributed by atoms with Crippen LogP contribution in [0.2, 0.25) is 0 Å². The Kier molecular flexibility index (Phi) is 5.69. The summed E-state index contributed by atoms with van der Waals surface area (Å²) in [5.41, 5.74) is 0.462. The molecule has 4 atom stereocenters. The molecule has 0 saturated heterocycles. The van der Waals surface area contributed by atoms with Crippen molar-refractivity contribution >= 4 is 0 Å². The monoisotopic (exact) mass is 248 g/mol. The second-order valence-corrected chi connectivity index (χ2v) is 6.98. The van der Waals surface area contributed by atoms with Gasteiger partial charge < -0.3 is 0 Å². The van der Waals surface area contributed by atoms with Gasteiger partial charge in [0.25, 0.3) is 0 Å². The van der Waals surface area contributed by atoms with Crippen LogP contribution in [0.1, 0.15) is 59.8 Å². The Morgan fingerprint density at radius 2 is 1.83 bits per heavy atom. The third-order valence-corrected chi connectivity index (χ3v) is 5.66. The van der Waals surface area contributed by atoms with E-state index in [0.717, 1.165) is 30.1 Å². The van der Waals surface area contributed by atoms with Crippen LogP contribution in [0.25, 0.3) is 0 Å². The molecule has 1 aliphatic rings. The summed E-state index contributed by atoms with van der Waals surface area (Å²) in [6.45, 7) is 17.7. The number of hydrogen-bond acceptors (Lipinski definition) is 0. The lowest BCUT2D eigenvalue weighted by Gasteiger charge is -2.44. The molecule has 18 heavy (non-hydrogen) atoms. The maximum atomic E-state index is 4.04. The lowest BCUT2D eigenvalue weighted by molar-refractivity contribution is 0.0628. The van der Waals surface area contributed by atoms with E-state index in [1.807, 2.05) is 0 Å². The maximum absolute atomic E-state index is 4.04. The molecule has 0 N–H and O–H groups in total. The van der Waals surface area contributed by atoms with Gasteiger partial charge in [0.2, 0.25) is 0 Å². The van der Waals surface area contributed by atoms with Crippen molar-refractivity contribution in [1.82, 2.24) is 0 Å². The lowest BCUT2D eigenvalue weighted by Crippen LogP contribution is -2.35. The summed E-state index contributed by atoms with van der Waals surface area (Å²) in [5.74, 6) is 3.13. The highest BCUT2D eigenvalue weighted by molar-refractivity contribution is 4.93. The summed E-state index contributed by atoms with van der Waals surface area (Å²) in [6.07, 6.45) is 10.8. The normalized spacial score (nSPS) is 36.4. The smallest absolute Gasteiger partial charge is 0.0210 e. The first-order chi connectivity index (χ1) is 8.43. The Morgan fingerprint density at radius 3 is 2.39 bits per heavy atom. The van der Waals surface area contributed by atoms with Gasteiger partial charge in [-0.25, -0.2) is 0 Å². The zero-order valence-corrected chi connectivity index (χ0v) is 12.9. The number of rotatable bonds is 4. The molecule has 0 aromatic heterocycles. The van der Waals surface area contributed by atoms with Crippen molar-refractivity contribution in [3.8, 4) is 0 Å². The number of allylic oxidation sites excluding steroid dienone is 2. The van der Waals surface area contributed by atoms with Gasteiger partial charge in [-0.2, -0.15) is 0 Å². The van der Waals surface area contributed by atoms with Gasteiger partial charge in [-0.1, -0.05) is 39.8 Å². The van der Waals surface area contributed by atoms with Crippen LogP contribution < -0.4 is 0 Å². The Morgan fingerprint density at radius 1 is 1.17 bits per heavy atom. The molecule has 0 radical (unpaired) electrons. The van der Waals surface area contributed by atoms with Crippen LogP contribution in [0.4, 0.5) is 0 Å². The van der Waals surface area contributed by atoms with Gasteiger partial charge in [-0.15, -0.1) is 13.2 Å². The predicted molar refractivity (Wildman–Crippen MR) is 82.6 cm³/mol. The molecule has 1 aliphatic carbocycles. The molecule has 1 rings (SSSR count). The Balaban J connectivity index is 2.86. The van der Waals surface area contributed by atoms with Gasteiger partial charge >= 0.3 is 0 Å². The zero-order valence-electron chi connectivity index (χ0n) is 12.9. The van der Waals surface area contributed by atoms with E-state index in [1.165, 1.54) is 25.7 Å². The van der Waals surface area contributed by atoms with Crippen molar-refractivity contribution in [2.75, 3.05) is 0 Å². The molecule has 0 amide bonds. The SMILES string of the molecule is C=CCCC1CC(C)C(C=C)CCC(C)C1(C)C. The van der Waals surface area contributed by atoms with E-state index in [9.17, 15) is 0 Å². The van der Waals surface area contributed by atoms with Crippen molar-refractivity contribution in [2.45, 2.75) is 59.8 Å². The first-order valence-corrected chi connectivity index (χ1v) is 7.66. The molecule has 1 fully saturated rings. The van der Waals surface area contributed by atoms with E-state index in [4.69, 9.17) is 0 Å². The molecular weight excluding hydrogens is 216 g/mol. The van der Waals surface area contributed by atoms with Gasteiger partial charge in [0.05, 0.1) is 0 Å². The van der Waals surface area contributed by atoms with Crippen molar-refractivity contribution in [3.05, 3.63) is 25.3 Å². The minimum atomic E-state index is 0.462. The molecule has 0 aliphatic heterocycles. The van der Waals surface area contributed by atoms with E-state index in [0.29, 0.717) is 5.41 Å². The Bertz CT molecular complexity index is 274. The third-order valence-electron chi connectivity index (χ3n) is 5.66. The predicted octanol–water partition coefficient (Wildman–Crippen LogP) is 5.85. The van der Waals surface area contributed by atoms with Gasteiger partial charge in [0.1, 0.15) is 0 Å². The third kappa shape index (κ3) is 3.49. The highest BCUT2D eigenvalue weighted by Gasteiger charge is 2.37. The molecule has 0 bridgehead atoms. The lowest BCUT2D eigenvalue weighted by atomic mass is 9.61. The van der Waals surface area contributed by atoms with Crippen LogP contribution in [-0.4, -0.2) is 0 Å². The molecule has 0 aromatic carbocycles. The van der Waals surface area contributed by atoms with E-state index in [2.05, 4.69) is 53.0 Å². The molecular formula is C18H32. The Labute approximate surface area is 115 Å². The van der Waals surface area contributed by atoms with E-state index < -0.39 is 0 Å². The summed E-state index contributed by atoms with van der Waals surface area (Å²) in [5, 5.41) is 0. The minimum absolute atomic E-state index is 0.462. The highest BCUT2D eigenvalue weighted by atomic mass is 14.4. The quantitative estimate of drug-likeness (QED) is 0.547. The van der Waals surface area contributed by atoms with Crippen molar-refractivity contribution < 1.29 is 0 Å². The molecule has 0 heteroatoms. The average Bonchev–Trinajstić information content (AvgIpc) is 2.33. The summed E-state index contributed by atoms with van der Waals surface area (Å²) < 4.78 is 0. The average molecular weight is 248 g/mol. The summed E-state index contributed by atoms with van der Waals surface area (Å²) >= 11 is 0. The standard InChI is InChI=1S/C18H32/c1-7-9-10-17-13-14(3)16(8-2)12-11-15(4)18(17,5)6/h7-8,14-17H,1-2,9-13H2,3-6H3. The molecule has 104 valence electrons. The van der Waals surface area contributed by atoms with Gasteiger partial charge in [0, 0.05) is 0 Å². The molecule has 0 nitrogen and oxygen atoms in total. The molecule has 0 aromatic rings. The first kappa shape index (κ1) is 15.5. The molecule has 4 unspecified atom stereocenters. The van der Waals surface area contributed by atoms with Gasteiger partial charge in [0.15, 0.2) is 0 Å². The van der Waals surface area contributed by atoms with Crippen molar-refractivity contribution in [3.63, 3.8) is 0 Å². The fraction of sp³-hybridized carbons (Fsp3) is 0.778. The van der Waals surface area contributed by atoms with Gasteiger partial charge in [-0.05, 0) is 61.2 Å². The van der Waals surface area contributed by atoms with E-state index >= 15 is 0 Å². The molecule has 1 saturated carbocycles. The zero-order chi connectivity index (χ0) is 13.8. The largest absolute Gasteiger partial charge is 0.103 e.